The third-order valence-electron chi connectivity index (χ3n) is 2.90. The van der Waals surface area contributed by atoms with Gasteiger partial charge in [-0.2, -0.15) is 4.98 Å². The van der Waals surface area contributed by atoms with Gasteiger partial charge in [0.2, 0.25) is 5.89 Å². The van der Waals surface area contributed by atoms with Gasteiger partial charge in [-0.25, -0.2) is 0 Å². The Morgan fingerprint density at radius 2 is 2.47 bits per heavy atom. The Morgan fingerprint density at radius 1 is 1.60 bits per heavy atom. The van der Waals surface area contributed by atoms with Crippen molar-refractivity contribution >= 4 is 0 Å². The van der Waals surface area contributed by atoms with Crippen molar-refractivity contribution in [3.05, 3.63) is 11.7 Å². The molecule has 5 heteroatoms. The topological polar surface area (TPSA) is 68.2 Å². The van der Waals surface area contributed by atoms with Gasteiger partial charge in [-0.05, 0) is 39.4 Å². The second-order valence-electron chi connectivity index (χ2n) is 4.08. The largest absolute Gasteiger partial charge is 0.339 e. The molecule has 0 aromatic carbocycles. The number of hydrogen-bond acceptors (Lipinski definition) is 5. The Labute approximate surface area is 89.6 Å². The lowest BCUT2D eigenvalue weighted by Crippen LogP contribution is -2.18. The van der Waals surface area contributed by atoms with Gasteiger partial charge >= 0.3 is 0 Å². The standard InChI is InChI=1S/C10H18N4O/c1-14-7-3-4-8(14)10-12-9(15-13-10)5-2-6-11/h8H,2-7,11H2,1H3. The van der Waals surface area contributed by atoms with Crippen LogP contribution in [-0.4, -0.2) is 35.2 Å². The molecule has 0 bridgehead atoms. The predicted octanol–water partition coefficient (Wildman–Crippen LogP) is 0.728. The van der Waals surface area contributed by atoms with Gasteiger partial charge in [0.05, 0.1) is 6.04 Å². The highest BCUT2D eigenvalue weighted by Gasteiger charge is 2.26. The van der Waals surface area contributed by atoms with Crippen molar-refractivity contribution in [2.24, 2.45) is 5.73 Å². The maximum atomic E-state index is 5.43. The van der Waals surface area contributed by atoms with E-state index in [0.29, 0.717) is 12.6 Å². The third-order valence-corrected chi connectivity index (χ3v) is 2.90. The van der Waals surface area contributed by atoms with Crippen LogP contribution in [0.5, 0.6) is 0 Å². The lowest BCUT2D eigenvalue weighted by Gasteiger charge is -2.14. The molecule has 15 heavy (non-hydrogen) atoms. The predicted molar refractivity (Wildman–Crippen MR) is 56.3 cm³/mol. The van der Waals surface area contributed by atoms with Crippen molar-refractivity contribution in [2.45, 2.75) is 31.7 Å². The van der Waals surface area contributed by atoms with E-state index in [1.807, 2.05) is 0 Å². The Balaban J connectivity index is 1.99. The zero-order valence-corrected chi connectivity index (χ0v) is 9.15. The van der Waals surface area contributed by atoms with Crippen molar-refractivity contribution < 1.29 is 4.52 Å². The molecule has 1 aromatic heterocycles. The Kier molecular flexibility index (Phi) is 3.33. The molecular formula is C10H18N4O. The van der Waals surface area contributed by atoms with Crippen LogP contribution in [0.15, 0.2) is 4.52 Å². The lowest BCUT2D eigenvalue weighted by molar-refractivity contribution is 0.292. The number of hydrogen-bond donors (Lipinski definition) is 1. The van der Waals surface area contributed by atoms with Gasteiger partial charge in [-0.3, -0.25) is 4.90 Å². The molecule has 1 fully saturated rings. The summed E-state index contributed by atoms with van der Waals surface area (Å²) in [5.74, 6) is 1.55. The highest BCUT2D eigenvalue weighted by atomic mass is 16.5. The quantitative estimate of drug-likeness (QED) is 0.793. The van der Waals surface area contributed by atoms with Crippen LogP contribution < -0.4 is 5.73 Å². The number of aryl methyl sites for hydroxylation is 1. The molecule has 5 nitrogen and oxygen atoms in total. The summed E-state index contributed by atoms with van der Waals surface area (Å²) < 4.78 is 5.18. The first-order chi connectivity index (χ1) is 7.31. The molecule has 0 spiro atoms. The van der Waals surface area contributed by atoms with Crippen molar-refractivity contribution in [3.63, 3.8) is 0 Å². The number of likely N-dealkylation sites (tertiary alicyclic amines) is 1. The number of nitrogens with zero attached hydrogens (tertiary/aromatic N) is 3. The summed E-state index contributed by atoms with van der Waals surface area (Å²) in [5.41, 5.74) is 5.43. The molecule has 2 N–H and O–H groups in total. The molecule has 1 atom stereocenters. The van der Waals surface area contributed by atoms with Gasteiger partial charge < -0.3 is 10.3 Å². The van der Waals surface area contributed by atoms with Crippen molar-refractivity contribution in [2.75, 3.05) is 20.1 Å². The van der Waals surface area contributed by atoms with Gasteiger partial charge in [0, 0.05) is 6.42 Å². The maximum absolute atomic E-state index is 5.43. The minimum atomic E-state index is 0.348. The van der Waals surface area contributed by atoms with E-state index in [1.54, 1.807) is 0 Å². The average Bonchev–Trinajstić information content (AvgIpc) is 2.83. The van der Waals surface area contributed by atoms with E-state index < -0.39 is 0 Å². The first-order valence-corrected chi connectivity index (χ1v) is 5.54. The molecule has 1 saturated heterocycles. The molecule has 1 aromatic rings. The molecule has 1 aliphatic heterocycles. The first kappa shape index (κ1) is 10.6. The van der Waals surface area contributed by atoms with Gasteiger partial charge in [0.1, 0.15) is 0 Å². The van der Waals surface area contributed by atoms with E-state index in [4.69, 9.17) is 10.3 Å². The molecule has 1 aliphatic rings. The Morgan fingerprint density at radius 3 is 3.13 bits per heavy atom. The summed E-state index contributed by atoms with van der Waals surface area (Å²) in [6, 6.07) is 0.348. The van der Waals surface area contributed by atoms with E-state index in [9.17, 15) is 0 Å². The maximum Gasteiger partial charge on any atom is 0.226 e. The van der Waals surface area contributed by atoms with Crippen LogP contribution >= 0.6 is 0 Å². The van der Waals surface area contributed by atoms with E-state index in [2.05, 4.69) is 22.1 Å². The second kappa shape index (κ2) is 4.72. The van der Waals surface area contributed by atoms with Crippen molar-refractivity contribution in [3.8, 4) is 0 Å². The van der Waals surface area contributed by atoms with Gasteiger partial charge in [-0.15, -0.1) is 0 Å². The number of nitrogens with two attached hydrogens (primary N) is 1. The average molecular weight is 210 g/mol. The highest BCUT2D eigenvalue weighted by Crippen LogP contribution is 2.28. The number of rotatable bonds is 4. The number of aromatic nitrogens is 2. The van der Waals surface area contributed by atoms with E-state index >= 15 is 0 Å². The molecule has 0 amide bonds. The summed E-state index contributed by atoms with van der Waals surface area (Å²) >= 11 is 0. The lowest BCUT2D eigenvalue weighted by atomic mass is 10.2. The van der Waals surface area contributed by atoms with Crippen LogP contribution in [0.3, 0.4) is 0 Å². The molecule has 84 valence electrons. The molecule has 0 radical (unpaired) electrons. The minimum absolute atomic E-state index is 0.348. The monoisotopic (exact) mass is 210 g/mol. The first-order valence-electron chi connectivity index (χ1n) is 5.54. The zero-order valence-electron chi connectivity index (χ0n) is 9.15. The van der Waals surface area contributed by atoms with Crippen molar-refractivity contribution in [1.82, 2.24) is 15.0 Å². The molecule has 2 rings (SSSR count). The molecule has 2 heterocycles. The fraction of sp³-hybridized carbons (Fsp3) is 0.800. The van der Waals surface area contributed by atoms with Crippen LogP contribution in [0.2, 0.25) is 0 Å². The molecular weight excluding hydrogens is 192 g/mol. The van der Waals surface area contributed by atoms with Gasteiger partial charge in [0.25, 0.3) is 0 Å². The fourth-order valence-corrected chi connectivity index (χ4v) is 1.99. The Hall–Kier alpha value is -0.940. The third kappa shape index (κ3) is 2.35. The van der Waals surface area contributed by atoms with Crippen LogP contribution in [0.4, 0.5) is 0 Å². The van der Waals surface area contributed by atoms with Gasteiger partial charge in [0.15, 0.2) is 5.82 Å². The fourth-order valence-electron chi connectivity index (χ4n) is 1.99. The second-order valence-corrected chi connectivity index (χ2v) is 4.08. The van der Waals surface area contributed by atoms with E-state index in [1.165, 1.54) is 6.42 Å². The summed E-state index contributed by atoms with van der Waals surface area (Å²) in [6.07, 6.45) is 4.04. The smallest absolute Gasteiger partial charge is 0.226 e. The van der Waals surface area contributed by atoms with Crippen molar-refractivity contribution in [1.29, 1.82) is 0 Å². The zero-order chi connectivity index (χ0) is 10.7. The Bertz CT molecular complexity index is 312. The normalized spacial score (nSPS) is 22.4. The summed E-state index contributed by atoms with van der Waals surface area (Å²) in [7, 11) is 2.10. The SMILES string of the molecule is CN1CCCC1c1noc(CCCN)n1. The van der Waals surface area contributed by atoms with Crippen LogP contribution in [0.1, 0.15) is 37.0 Å². The van der Waals surface area contributed by atoms with E-state index in [0.717, 1.165) is 37.5 Å². The minimum Gasteiger partial charge on any atom is -0.339 e. The summed E-state index contributed by atoms with van der Waals surface area (Å²) in [4.78, 5) is 6.68. The summed E-state index contributed by atoms with van der Waals surface area (Å²) in [5, 5.41) is 4.03. The highest BCUT2D eigenvalue weighted by molar-refractivity contribution is 4.97. The van der Waals surface area contributed by atoms with Crippen LogP contribution in [0, 0.1) is 0 Å². The molecule has 1 unspecified atom stereocenters. The summed E-state index contributed by atoms with van der Waals surface area (Å²) in [6.45, 7) is 1.79. The van der Waals surface area contributed by atoms with Crippen LogP contribution in [0.25, 0.3) is 0 Å². The van der Waals surface area contributed by atoms with Crippen LogP contribution in [-0.2, 0) is 6.42 Å². The van der Waals surface area contributed by atoms with E-state index in [-0.39, 0.29) is 0 Å². The van der Waals surface area contributed by atoms with Gasteiger partial charge in [-0.1, -0.05) is 5.16 Å². The molecule has 0 saturated carbocycles. The molecule has 0 aliphatic carbocycles.